The van der Waals surface area contributed by atoms with Gasteiger partial charge < -0.3 is 16.2 Å². The van der Waals surface area contributed by atoms with E-state index in [1.807, 2.05) is 0 Å². The minimum absolute atomic E-state index is 0.0909. The summed E-state index contributed by atoms with van der Waals surface area (Å²) in [5, 5.41) is 11.7. The number of rotatable bonds is 5. The van der Waals surface area contributed by atoms with Crippen LogP contribution >= 0.6 is 0 Å². The molecule has 5 nitrogen and oxygen atoms in total. The maximum atomic E-state index is 12.1. The monoisotopic (exact) mass is 242 g/mol. The second-order valence-corrected chi connectivity index (χ2v) is 5.56. The van der Waals surface area contributed by atoms with E-state index in [2.05, 4.69) is 5.32 Å². The van der Waals surface area contributed by atoms with Gasteiger partial charge in [0.25, 0.3) is 0 Å². The van der Waals surface area contributed by atoms with Gasteiger partial charge in [-0.25, -0.2) is 0 Å². The summed E-state index contributed by atoms with van der Waals surface area (Å²) in [6.45, 7) is 3.67. The first kappa shape index (κ1) is 14.0. The van der Waals surface area contributed by atoms with E-state index in [4.69, 9.17) is 10.8 Å². The second kappa shape index (κ2) is 5.04. The summed E-state index contributed by atoms with van der Waals surface area (Å²) in [6.07, 6.45) is 3.66. The van der Waals surface area contributed by atoms with Gasteiger partial charge in [-0.15, -0.1) is 0 Å². The molecule has 1 saturated carbocycles. The van der Waals surface area contributed by atoms with Crippen molar-refractivity contribution in [1.82, 2.24) is 5.32 Å². The van der Waals surface area contributed by atoms with Crippen LogP contribution in [0, 0.1) is 10.8 Å². The first-order chi connectivity index (χ1) is 7.84. The summed E-state index contributed by atoms with van der Waals surface area (Å²) in [7, 11) is 0. The number of nitrogens with two attached hydrogens (primary N) is 1. The first-order valence-electron chi connectivity index (χ1n) is 6.06. The Morgan fingerprint density at radius 3 is 2.29 bits per heavy atom. The van der Waals surface area contributed by atoms with Crippen molar-refractivity contribution in [2.75, 3.05) is 13.1 Å². The second-order valence-electron chi connectivity index (χ2n) is 5.56. The van der Waals surface area contributed by atoms with Gasteiger partial charge in [-0.3, -0.25) is 9.59 Å². The molecule has 98 valence electrons. The molecule has 1 fully saturated rings. The lowest BCUT2D eigenvalue weighted by atomic mass is 9.84. The van der Waals surface area contributed by atoms with Crippen molar-refractivity contribution in [3.05, 3.63) is 0 Å². The predicted molar refractivity (Wildman–Crippen MR) is 64.4 cm³/mol. The standard InChI is InChI=1S/C12H22N2O3/c1-11(2,10(16)17)8-14-9(15)12(7-13)5-3-4-6-12/h3-8,13H2,1-2H3,(H,14,15)(H,16,17). The fourth-order valence-corrected chi connectivity index (χ4v) is 2.14. The summed E-state index contributed by atoms with van der Waals surface area (Å²) in [6, 6.07) is 0. The molecule has 0 aromatic carbocycles. The molecule has 1 rings (SSSR count). The number of nitrogens with one attached hydrogen (secondary N) is 1. The van der Waals surface area contributed by atoms with Crippen molar-refractivity contribution in [3.8, 4) is 0 Å². The van der Waals surface area contributed by atoms with E-state index in [9.17, 15) is 9.59 Å². The predicted octanol–water partition coefficient (Wildman–Crippen LogP) is 0.733. The topological polar surface area (TPSA) is 92.4 Å². The maximum Gasteiger partial charge on any atom is 0.310 e. The van der Waals surface area contributed by atoms with Crippen LogP contribution in [-0.4, -0.2) is 30.1 Å². The summed E-state index contributed by atoms with van der Waals surface area (Å²) < 4.78 is 0. The average Bonchev–Trinajstić information content (AvgIpc) is 2.75. The zero-order valence-corrected chi connectivity index (χ0v) is 10.6. The summed E-state index contributed by atoms with van der Waals surface area (Å²) in [4.78, 5) is 23.0. The highest BCUT2D eigenvalue weighted by Crippen LogP contribution is 2.37. The smallest absolute Gasteiger partial charge is 0.310 e. The molecule has 0 aromatic rings. The van der Waals surface area contributed by atoms with Crippen LogP contribution < -0.4 is 11.1 Å². The SMILES string of the molecule is CC(C)(CNC(=O)C1(CN)CCCC1)C(=O)O. The molecule has 17 heavy (non-hydrogen) atoms. The lowest BCUT2D eigenvalue weighted by Crippen LogP contribution is -2.48. The van der Waals surface area contributed by atoms with Gasteiger partial charge in [-0.05, 0) is 26.7 Å². The molecular weight excluding hydrogens is 220 g/mol. The van der Waals surface area contributed by atoms with Gasteiger partial charge in [0.05, 0.1) is 10.8 Å². The van der Waals surface area contributed by atoms with Crippen molar-refractivity contribution >= 4 is 11.9 Å². The van der Waals surface area contributed by atoms with Crippen LogP contribution in [0.1, 0.15) is 39.5 Å². The molecule has 0 aromatic heterocycles. The van der Waals surface area contributed by atoms with E-state index in [0.29, 0.717) is 6.54 Å². The number of carbonyl (C=O) groups excluding carboxylic acids is 1. The quantitative estimate of drug-likeness (QED) is 0.662. The molecule has 0 aliphatic heterocycles. The summed E-state index contributed by atoms with van der Waals surface area (Å²) in [5.74, 6) is -1.00. The molecular formula is C12H22N2O3. The van der Waals surface area contributed by atoms with Crippen LogP contribution in [0.2, 0.25) is 0 Å². The Labute approximate surface area is 102 Å². The number of carboxylic acid groups (broad SMARTS) is 1. The largest absolute Gasteiger partial charge is 0.481 e. The first-order valence-corrected chi connectivity index (χ1v) is 6.06. The van der Waals surface area contributed by atoms with E-state index < -0.39 is 16.8 Å². The van der Waals surface area contributed by atoms with E-state index in [0.717, 1.165) is 25.7 Å². The van der Waals surface area contributed by atoms with Gasteiger partial charge in [0.1, 0.15) is 0 Å². The average molecular weight is 242 g/mol. The molecule has 0 bridgehead atoms. The van der Waals surface area contributed by atoms with Gasteiger partial charge in [0, 0.05) is 13.1 Å². The van der Waals surface area contributed by atoms with Gasteiger partial charge in [-0.2, -0.15) is 0 Å². The third-order valence-electron chi connectivity index (χ3n) is 3.70. The van der Waals surface area contributed by atoms with Crippen LogP contribution in [-0.2, 0) is 9.59 Å². The molecule has 1 aliphatic carbocycles. The number of hydrogen-bond acceptors (Lipinski definition) is 3. The van der Waals surface area contributed by atoms with Crippen molar-refractivity contribution in [2.24, 2.45) is 16.6 Å². The molecule has 1 aliphatic rings. The molecule has 0 atom stereocenters. The van der Waals surface area contributed by atoms with Crippen LogP contribution in [0.3, 0.4) is 0 Å². The molecule has 0 radical (unpaired) electrons. The van der Waals surface area contributed by atoms with E-state index in [1.54, 1.807) is 13.8 Å². The fourth-order valence-electron chi connectivity index (χ4n) is 2.14. The molecule has 0 saturated heterocycles. The Hall–Kier alpha value is -1.10. The third kappa shape index (κ3) is 2.97. The lowest BCUT2D eigenvalue weighted by molar-refractivity contribution is -0.147. The number of aliphatic carboxylic acids is 1. The zero-order chi connectivity index (χ0) is 13.1. The van der Waals surface area contributed by atoms with Crippen molar-refractivity contribution in [2.45, 2.75) is 39.5 Å². The van der Waals surface area contributed by atoms with Gasteiger partial charge in [0.2, 0.25) is 5.91 Å². The number of carbonyl (C=O) groups is 2. The van der Waals surface area contributed by atoms with Gasteiger partial charge in [0.15, 0.2) is 0 Å². The van der Waals surface area contributed by atoms with Gasteiger partial charge in [-0.1, -0.05) is 12.8 Å². The minimum atomic E-state index is -0.940. The Kier molecular flexibility index (Phi) is 4.14. The molecule has 0 spiro atoms. The molecule has 0 unspecified atom stereocenters. The van der Waals surface area contributed by atoms with Gasteiger partial charge >= 0.3 is 5.97 Å². The minimum Gasteiger partial charge on any atom is -0.481 e. The maximum absolute atomic E-state index is 12.1. The molecule has 1 amide bonds. The van der Waals surface area contributed by atoms with Crippen molar-refractivity contribution in [3.63, 3.8) is 0 Å². The Balaban J connectivity index is 2.57. The Morgan fingerprint density at radius 1 is 1.35 bits per heavy atom. The van der Waals surface area contributed by atoms with E-state index in [1.165, 1.54) is 0 Å². The number of carboxylic acids is 1. The fraction of sp³-hybridized carbons (Fsp3) is 0.833. The number of hydrogen-bond donors (Lipinski definition) is 3. The Bertz CT molecular complexity index is 307. The molecule has 5 heteroatoms. The zero-order valence-electron chi connectivity index (χ0n) is 10.6. The third-order valence-corrected chi connectivity index (χ3v) is 3.70. The highest BCUT2D eigenvalue weighted by atomic mass is 16.4. The number of amides is 1. The molecule has 4 N–H and O–H groups in total. The van der Waals surface area contributed by atoms with E-state index >= 15 is 0 Å². The van der Waals surface area contributed by atoms with Crippen LogP contribution in [0.15, 0.2) is 0 Å². The highest BCUT2D eigenvalue weighted by Gasteiger charge is 2.40. The van der Waals surface area contributed by atoms with Crippen molar-refractivity contribution < 1.29 is 14.7 Å². The van der Waals surface area contributed by atoms with E-state index in [-0.39, 0.29) is 12.5 Å². The summed E-state index contributed by atoms with van der Waals surface area (Å²) in [5.41, 5.74) is 4.29. The van der Waals surface area contributed by atoms with Crippen LogP contribution in [0.5, 0.6) is 0 Å². The van der Waals surface area contributed by atoms with Crippen LogP contribution in [0.25, 0.3) is 0 Å². The van der Waals surface area contributed by atoms with Crippen molar-refractivity contribution in [1.29, 1.82) is 0 Å². The summed E-state index contributed by atoms with van der Waals surface area (Å²) >= 11 is 0. The normalized spacial score (nSPS) is 19.0. The highest BCUT2D eigenvalue weighted by molar-refractivity contribution is 5.84. The van der Waals surface area contributed by atoms with Crippen LogP contribution in [0.4, 0.5) is 0 Å². The lowest BCUT2D eigenvalue weighted by Gasteiger charge is -2.28. The Morgan fingerprint density at radius 2 is 1.88 bits per heavy atom. The molecule has 0 heterocycles.